The van der Waals surface area contributed by atoms with Gasteiger partial charge in [-0.15, -0.1) is 0 Å². The molecule has 2 N–H and O–H groups in total. The molecule has 0 saturated heterocycles. The number of unbranched alkanes of at least 4 members (excludes halogenated alkanes) is 4. The zero-order valence-corrected chi connectivity index (χ0v) is 10.3. The minimum atomic E-state index is -4.05. The number of alkyl halides is 3. The van der Waals surface area contributed by atoms with Gasteiger partial charge in [0, 0.05) is 6.04 Å². The lowest BCUT2D eigenvalue weighted by molar-refractivity contribution is -0.147. The highest BCUT2D eigenvalue weighted by Crippen LogP contribution is 2.30. The summed E-state index contributed by atoms with van der Waals surface area (Å²) in [4.78, 5) is 1.60. The van der Waals surface area contributed by atoms with Crippen LogP contribution in [0.5, 0.6) is 0 Å². The fraction of sp³-hybridized carbons (Fsp3) is 1.00. The SMILES string of the molecule is NCCCCCCCN(CC(F)(F)F)C1CC1. The van der Waals surface area contributed by atoms with E-state index in [1.807, 2.05) is 0 Å². The Balaban J connectivity index is 2.08. The van der Waals surface area contributed by atoms with E-state index >= 15 is 0 Å². The van der Waals surface area contributed by atoms with Gasteiger partial charge in [-0.1, -0.05) is 19.3 Å². The van der Waals surface area contributed by atoms with Gasteiger partial charge in [-0.3, -0.25) is 4.90 Å². The van der Waals surface area contributed by atoms with Gasteiger partial charge < -0.3 is 5.73 Å². The Bertz CT molecular complexity index is 202. The van der Waals surface area contributed by atoms with Crippen molar-refractivity contribution in [1.29, 1.82) is 0 Å². The van der Waals surface area contributed by atoms with Gasteiger partial charge in [-0.05, 0) is 38.8 Å². The standard InChI is InChI=1S/C12H23F3N2/c13-12(14,15)10-17(11-6-7-11)9-5-3-1-2-4-8-16/h11H,1-10,16H2. The van der Waals surface area contributed by atoms with Gasteiger partial charge in [0.15, 0.2) is 0 Å². The Morgan fingerprint density at radius 2 is 1.59 bits per heavy atom. The molecule has 0 aromatic rings. The van der Waals surface area contributed by atoms with Crippen molar-refractivity contribution < 1.29 is 13.2 Å². The number of hydrogen-bond donors (Lipinski definition) is 1. The first-order valence-electron chi connectivity index (χ1n) is 6.54. The van der Waals surface area contributed by atoms with Crippen LogP contribution in [-0.2, 0) is 0 Å². The molecule has 0 unspecified atom stereocenters. The van der Waals surface area contributed by atoms with E-state index in [1.54, 1.807) is 4.90 Å². The lowest BCUT2D eigenvalue weighted by Gasteiger charge is -2.23. The Hall–Kier alpha value is -0.290. The van der Waals surface area contributed by atoms with Crippen molar-refractivity contribution in [1.82, 2.24) is 4.90 Å². The van der Waals surface area contributed by atoms with Crippen LogP contribution < -0.4 is 5.73 Å². The summed E-state index contributed by atoms with van der Waals surface area (Å²) >= 11 is 0. The summed E-state index contributed by atoms with van der Waals surface area (Å²) in [5.41, 5.74) is 5.38. The van der Waals surface area contributed by atoms with Gasteiger partial charge >= 0.3 is 6.18 Å². The van der Waals surface area contributed by atoms with Gasteiger partial charge in [-0.25, -0.2) is 0 Å². The lowest BCUT2D eigenvalue weighted by atomic mass is 10.1. The van der Waals surface area contributed by atoms with Crippen molar-refractivity contribution in [3.8, 4) is 0 Å². The monoisotopic (exact) mass is 252 g/mol. The topological polar surface area (TPSA) is 29.3 Å². The zero-order valence-electron chi connectivity index (χ0n) is 10.3. The highest BCUT2D eigenvalue weighted by atomic mass is 19.4. The molecule has 0 aliphatic heterocycles. The van der Waals surface area contributed by atoms with E-state index < -0.39 is 12.7 Å². The molecule has 5 heteroatoms. The molecule has 0 heterocycles. The third kappa shape index (κ3) is 7.60. The Kier molecular flexibility index (Phi) is 6.27. The maximum atomic E-state index is 12.3. The van der Waals surface area contributed by atoms with Crippen LogP contribution in [0.2, 0.25) is 0 Å². The number of hydrogen-bond acceptors (Lipinski definition) is 2. The van der Waals surface area contributed by atoms with Crippen molar-refractivity contribution in [2.45, 2.75) is 57.2 Å². The first-order valence-corrected chi connectivity index (χ1v) is 6.54. The number of nitrogens with zero attached hydrogens (tertiary/aromatic N) is 1. The molecule has 0 bridgehead atoms. The van der Waals surface area contributed by atoms with E-state index in [2.05, 4.69) is 0 Å². The van der Waals surface area contributed by atoms with Gasteiger partial charge in [0.1, 0.15) is 0 Å². The van der Waals surface area contributed by atoms with E-state index in [-0.39, 0.29) is 6.04 Å². The minimum absolute atomic E-state index is 0.195. The fourth-order valence-electron chi connectivity index (χ4n) is 2.05. The number of halogens is 3. The smallest absolute Gasteiger partial charge is 0.330 e. The average Bonchev–Trinajstić information content (AvgIpc) is 3.03. The van der Waals surface area contributed by atoms with E-state index in [0.29, 0.717) is 13.1 Å². The molecule has 1 aliphatic carbocycles. The highest BCUT2D eigenvalue weighted by Gasteiger charge is 2.37. The molecule has 0 spiro atoms. The van der Waals surface area contributed by atoms with Crippen molar-refractivity contribution in [3.05, 3.63) is 0 Å². The predicted molar refractivity (Wildman–Crippen MR) is 62.8 cm³/mol. The first-order chi connectivity index (χ1) is 8.03. The fourth-order valence-corrected chi connectivity index (χ4v) is 2.05. The molecule has 0 atom stereocenters. The van der Waals surface area contributed by atoms with E-state index in [4.69, 9.17) is 5.73 Å². The molecule has 17 heavy (non-hydrogen) atoms. The third-order valence-corrected chi connectivity index (χ3v) is 3.10. The number of nitrogens with two attached hydrogens (primary N) is 1. The van der Waals surface area contributed by atoms with Gasteiger partial charge in [0.2, 0.25) is 0 Å². The zero-order chi connectivity index (χ0) is 12.7. The van der Waals surface area contributed by atoms with Crippen LogP contribution in [0, 0.1) is 0 Å². The molecule has 0 amide bonds. The van der Waals surface area contributed by atoms with E-state index in [1.165, 1.54) is 0 Å². The second kappa shape index (κ2) is 7.21. The lowest BCUT2D eigenvalue weighted by Crippen LogP contribution is -2.36. The second-order valence-corrected chi connectivity index (χ2v) is 4.87. The van der Waals surface area contributed by atoms with Crippen molar-refractivity contribution >= 4 is 0 Å². The quantitative estimate of drug-likeness (QED) is 0.639. The highest BCUT2D eigenvalue weighted by molar-refractivity contribution is 4.85. The third-order valence-electron chi connectivity index (χ3n) is 3.10. The maximum Gasteiger partial charge on any atom is 0.401 e. The number of rotatable bonds is 9. The summed E-state index contributed by atoms with van der Waals surface area (Å²) in [7, 11) is 0. The van der Waals surface area contributed by atoms with Crippen molar-refractivity contribution in [2.24, 2.45) is 5.73 Å². The summed E-state index contributed by atoms with van der Waals surface area (Å²) in [6, 6.07) is 0.195. The summed E-state index contributed by atoms with van der Waals surface area (Å²) in [5, 5.41) is 0. The molecule has 1 aliphatic rings. The van der Waals surface area contributed by atoms with E-state index in [0.717, 1.165) is 44.9 Å². The summed E-state index contributed by atoms with van der Waals surface area (Å²) in [6.07, 6.45) is 2.91. The van der Waals surface area contributed by atoms with Gasteiger partial charge in [0.25, 0.3) is 0 Å². The predicted octanol–water partition coefficient (Wildman–Crippen LogP) is 2.92. The van der Waals surface area contributed by atoms with Crippen LogP contribution >= 0.6 is 0 Å². The minimum Gasteiger partial charge on any atom is -0.330 e. The molecule has 0 aromatic heterocycles. The first kappa shape index (κ1) is 14.8. The molecular formula is C12H23F3N2. The molecule has 0 radical (unpaired) electrons. The van der Waals surface area contributed by atoms with Crippen LogP contribution in [0.4, 0.5) is 13.2 Å². The van der Waals surface area contributed by atoms with Gasteiger partial charge in [-0.2, -0.15) is 13.2 Å². The average molecular weight is 252 g/mol. The largest absolute Gasteiger partial charge is 0.401 e. The molecule has 0 aromatic carbocycles. The van der Waals surface area contributed by atoms with Gasteiger partial charge in [0.05, 0.1) is 6.54 Å². The van der Waals surface area contributed by atoms with Crippen LogP contribution in [0.3, 0.4) is 0 Å². The summed E-state index contributed by atoms with van der Waals surface area (Å²) in [6.45, 7) is 0.565. The Labute approximate surface area is 101 Å². The molecule has 2 nitrogen and oxygen atoms in total. The summed E-state index contributed by atoms with van der Waals surface area (Å²) in [5.74, 6) is 0. The second-order valence-electron chi connectivity index (χ2n) is 4.87. The van der Waals surface area contributed by atoms with Crippen LogP contribution in [-0.4, -0.2) is 36.8 Å². The maximum absolute atomic E-state index is 12.3. The molecule has 1 saturated carbocycles. The molecule has 1 fully saturated rings. The van der Waals surface area contributed by atoms with Crippen LogP contribution in [0.15, 0.2) is 0 Å². The Morgan fingerprint density at radius 1 is 1.00 bits per heavy atom. The van der Waals surface area contributed by atoms with Crippen molar-refractivity contribution in [3.63, 3.8) is 0 Å². The van der Waals surface area contributed by atoms with Crippen LogP contribution in [0.25, 0.3) is 0 Å². The van der Waals surface area contributed by atoms with Crippen molar-refractivity contribution in [2.75, 3.05) is 19.6 Å². The summed E-state index contributed by atoms with van der Waals surface area (Å²) < 4.78 is 36.9. The molecule has 102 valence electrons. The van der Waals surface area contributed by atoms with E-state index in [9.17, 15) is 13.2 Å². The normalized spacial score (nSPS) is 16.8. The Morgan fingerprint density at radius 3 is 2.12 bits per heavy atom. The molecule has 1 rings (SSSR count). The van der Waals surface area contributed by atoms with Crippen LogP contribution in [0.1, 0.15) is 44.9 Å². The molecular weight excluding hydrogens is 229 g/mol.